The summed E-state index contributed by atoms with van der Waals surface area (Å²) in [5.74, 6) is -0.588. The highest BCUT2D eigenvalue weighted by atomic mass is 79.9. The second-order valence-electron chi connectivity index (χ2n) is 6.33. The van der Waals surface area contributed by atoms with Crippen LogP contribution in [-0.2, 0) is 16.6 Å². The van der Waals surface area contributed by atoms with E-state index in [4.69, 9.17) is 0 Å². The first kappa shape index (κ1) is 20.0. The molecule has 1 saturated heterocycles. The minimum atomic E-state index is -3.71. The van der Waals surface area contributed by atoms with Crippen molar-refractivity contribution in [3.8, 4) is 0 Å². The SMILES string of the molecule is CCn1cc(Br)cc1C(=O)N1CCCN(S(=O)(=O)c2ccc(F)cc2)CC1. The minimum Gasteiger partial charge on any atom is -0.343 e. The van der Waals surface area contributed by atoms with Gasteiger partial charge in [-0.2, -0.15) is 4.31 Å². The van der Waals surface area contributed by atoms with Gasteiger partial charge in [0.2, 0.25) is 10.0 Å². The van der Waals surface area contributed by atoms with Crippen LogP contribution >= 0.6 is 15.9 Å². The van der Waals surface area contributed by atoms with E-state index in [0.29, 0.717) is 38.3 Å². The van der Waals surface area contributed by atoms with Gasteiger partial charge in [0.25, 0.3) is 5.91 Å². The number of halogens is 2. The molecule has 0 radical (unpaired) electrons. The molecule has 1 fully saturated rings. The van der Waals surface area contributed by atoms with Crippen molar-refractivity contribution in [1.29, 1.82) is 0 Å². The molecule has 3 rings (SSSR count). The Morgan fingerprint density at radius 3 is 2.52 bits per heavy atom. The molecule has 1 aliphatic rings. The van der Waals surface area contributed by atoms with Gasteiger partial charge in [-0.1, -0.05) is 0 Å². The van der Waals surface area contributed by atoms with Gasteiger partial charge in [-0.25, -0.2) is 12.8 Å². The molecule has 0 atom stereocenters. The van der Waals surface area contributed by atoms with Crippen LogP contribution in [0, 0.1) is 5.82 Å². The first-order chi connectivity index (χ1) is 12.8. The first-order valence-corrected chi connectivity index (χ1v) is 11.0. The zero-order valence-corrected chi connectivity index (χ0v) is 17.3. The summed E-state index contributed by atoms with van der Waals surface area (Å²) >= 11 is 3.39. The average molecular weight is 458 g/mol. The minimum absolute atomic E-state index is 0.0625. The summed E-state index contributed by atoms with van der Waals surface area (Å²) in [6.07, 6.45) is 2.40. The highest BCUT2D eigenvalue weighted by Crippen LogP contribution is 2.20. The maximum absolute atomic E-state index is 13.1. The normalized spacial score (nSPS) is 16.3. The third-order valence-corrected chi connectivity index (χ3v) is 6.96. The number of rotatable bonds is 4. The highest BCUT2D eigenvalue weighted by Gasteiger charge is 2.29. The van der Waals surface area contributed by atoms with Gasteiger partial charge >= 0.3 is 0 Å². The fourth-order valence-electron chi connectivity index (χ4n) is 3.17. The standard InChI is InChI=1S/C18H21BrFN3O3S/c1-2-21-13-14(19)12-17(21)18(24)22-8-3-9-23(11-10-22)27(25,26)16-6-4-15(20)5-7-16/h4-7,12-13H,2-3,8-11H2,1H3. The lowest BCUT2D eigenvalue weighted by atomic mass is 10.3. The molecule has 9 heteroatoms. The van der Waals surface area contributed by atoms with Crippen molar-refractivity contribution in [2.75, 3.05) is 26.2 Å². The second kappa shape index (κ2) is 8.12. The van der Waals surface area contributed by atoms with Crippen LogP contribution in [0.4, 0.5) is 4.39 Å². The summed E-state index contributed by atoms with van der Waals surface area (Å²) in [5, 5.41) is 0. The van der Waals surface area contributed by atoms with Gasteiger partial charge in [-0.05, 0) is 59.6 Å². The molecule has 6 nitrogen and oxygen atoms in total. The van der Waals surface area contributed by atoms with Crippen LogP contribution in [0.25, 0.3) is 0 Å². The van der Waals surface area contributed by atoms with Crippen molar-refractivity contribution >= 4 is 31.9 Å². The maximum atomic E-state index is 13.1. The summed E-state index contributed by atoms with van der Waals surface area (Å²) < 4.78 is 42.7. The van der Waals surface area contributed by atoms with E-state index in [1.165, 1.54) is 16.4 Å². The molecule has 0 spiro atoms. The lowest BCUT2D eigenvalue weighted by Crippen LogP contribution is -2.38. The Bertz CT molecular complexity index is 928. The molecule has 146 valence electrons. The quantitative estimate of drug-likeness (QED) is 0.708. The molecule has 1 aromatic heterocycles. The van der Waals surface area contributed by atoms with Crippen LogP contribution < -0.4 is 0 Å². The smallest absolute Gasteiger partial charge is 0.270 e. The van der Waals surface area contributed by atoms with E-state index in [1.807, 2.05) is 17.7 Å². The van der Waals surface area contributed by atoms with E-state index in [2.05, 4.69) is 15.9 Å². The van der Waals surface area contributed by atoms with Gasteiger partial charge in [0.15, 0.2) is 0 Å². The monoisotopic (exact) mass is 457 g/mol. The molecule has 27 heavy (non-hydrogen) atoms. The topological polar surface area (TPSA) is 62.6 Å². The van der Waals surface area contributed by atoms with Crippen LogP contribution in [0.15, 0.2) is 45.9 Å². The highest BCUT2D eigenvalue weighted by molar-refractivity contribution is 9.10. The largest absolute Gasteiger partial charge is 0.343 e. The van der Waals surface area contributed by atoms with Crippen LogP contribution in [0.5, 0.6) is 0 Å². The molecule has 0 bridgehead atoms. The number of amides is 1. The molecular formula is C18H21BrFN3O3S. The van der Waals surface area contributed by atoms with E-state index in [1.54, 1.807) is 11.0 Å². The third kappa shape index (κ3) is 4.25. The van der Waals surface area contributed by atoms with E-state index in [9.17, 15) is 17.6 Å². The predicted molar refractivity (Wildman–Crippen MR) is 103 cm³/mol. The van der Waals surface area contributed by atoms with Gasteiger partial charge in [-0.15, -0.1) is 0 Å². The lowest BCUT2D eigenvalue weighted by molar-refractivity contribution is 0.0753. The van der Waals surface area contributed by atoms with Gasteiger partial charge in [0.05, 0.1) is 4.90 Å². The van der Waals surface area contributed by atoms with E-state index in [-0.39, 0.29) is 17.3 Å². The predicted octanol–water partition coefficient (Wildman–Crippen LogP) is 2.95. The number of nitrogens with zero attached hydrogens (tertiary/aromatic N) is 3. The Hall–Kier alpha value is -1.71. The molecule has 1 amide bonds. The van der Waals surface area contributed by atoms with Gasteiger partial charge < -0.3 is 9.47 Å². The third-order valence-electron chi connectivity index (χ3n) is 4.62. The van der Waals surface area contributed by atoms with Crippen molar-refractivity contribution in [2.45, 2.75) is 24.8 Å². The molecule has 1 aromatic carbocycles. The average Bonchev–Trinajstić information content (AvgIpc) is 2.86. The van der Waals surface area contributed by atoms with Crippen molar-refractivity contribution in [2.24, 2.45) is 0 Å². The van der Waals surface area contributed by atoms with E-state index in [0.717, 1.165) is 16.6 Å². The zero-order chi connectivity index (χ0) is 19.6. The molecule has 0 saturated carbocycles. The fourth-order valence-corrected chi connectivity index (χ4v) is 5.10. The number of aromatic nitrogens is 1. The van der Waals surface area contributed by atoms with Gasteiger partial charge in [0.1, 0.15) is 11.5 Å². The Morgan fingerprint density at radius 2 is 1.85 bits per heavy atom. The number of benzene rings is 1. The molecule has 0 unspecified atom stereocenters. The zero-order valence-electron chi connectivity index (χ0n) is 14.9. The summed E-state index contributed by atoms with van der Waals surface area (Å²) in [7, 11) is -3.71. The molecule has 2 aromatic rings. The molecule has 1 aliphatic heterocycles. The molecule has 0 aliphatic carbocycles. The number of carbonyl (C=O) groups is 1. The van der Waals surface area contributed by atoms with Crippen LogP contribution in [0.2, 0.25) is 0 Å². The summed E-state index contributed by atoms with van der Waals surface area (Å²) in [6.45, 7) is 3.96. The van der Waals surface area contributed by atoms with E-state index >= 15 is 0 Å². The summed E-state index contributed by atoms with van der Waals surface area (Å²) in [4.78, 5) is 14.6. The summed E-state index contributed by atoms with van der Waals surface area (Å²) in [6, 6.07) is 6.59. The lowest BCUT2D eigenvalue weighted by Gasteiger charge is -2.22. The molecular weight excluding hydrogens is 437 g/mol. The van der Waals surface area contributed by atoms with Crippen molar-refractivity contribution in [3.63, 3.8) is 0 Å². The van der Waals surface area contributed by atoms with Crippen molar-refractivity contribution in [1.82, 2.24) is 13.8 Å². The fraction of sp³-hybridized carbons (Fsp3) is 0.389. The number of hydrogen-bond donors (Lipinski definition) is 0. The van der Waals surface area contributed by atoms with Crippen molar-refractivity contribution < 1.29 is 17.6 Å². The van der Waals surface area contributed by atoms with Crippen LogP contribution in [-0.4, -0.2) is 54.3 Å². The Morgan fingerprint density at radius 1 is 1.15 bits per heavy atom. The number of aryl methyl sites for hydroxylation is 1. The van der Waals surface area contributed by atoms with E-state index < -0.39 is 15.8 Å². The molecule has 2 heterocycles. The van der Waals surface area contributed by atoms with Gasteiger partial charge in [0, 0.05) is 43.4 Å². The number of hydrogen-bond acceptors (Lipinski definition) is 3. The summed E-state index contributed by atoms with van der Waals surface area (Å²) in [5.41, 5.74) is 0.583. The Balaban J connectivity index is 1.75. The Kier molecular flexibility index (Phi) is 6.02. The Labute approximate surface area is 166 Å². The number of carbonyl (C=O) groups excluding carboxylic acids is 1. The first-order valence-electron chi connectivity index (χ1n) is 8.73. The van der Waals surface area contributed by atoms with Crippen molar-refractivity contribution in [3.05, 3.63) is 52.5 Å². The molecule has 0 N–H and O–H groups in total. The van der Waals surface area contributed by atoms with Crippen LogP contribution in [0.1, 0.15) is 23.8 Å². The van der Waals surface area contributed by atoms with Gasteiger partial charge in [-0.3, -0.25) is 4.79 Å². The second-order valence-corrected chi connectivity index (χ2v) is 9.19. The maximum Gasteiger partial charge on any atom is 0.270 e. The van der Waals surface area contributed by atoms with Crippen LogP contribution in [0.3, 0.4) is 0 Å². The number of sulfonamides is 1.